The molecule has 4 rings (SSSR count). The smallest absolute Gasteiger partial charge is 0.280 e. The van der Waals surface area contributed by atoms with Crippen molar-refractivity contribution in [3.8, 4) is 23.2 Å². The van der Waals surface area contributed by atoms with E-state index in [4.69, 9.17) is 5.26 Å². The van der Waals surface area contributed by atoms with Crippen LogP contribution in [0.1, 0.15) is 27.0 Å². The van der Waals surface area contributed by atoms with Gasteiger partial charge in [0.05, 0.1) is 34.2 Å². The van der Waals surface area contributed by atoms with Crippen molar-refractivity contribution in [2.45, 2.75) is 0 Å². The molecule has 0 bridgehead atoms. The van der Waals surface area contributed by atoms with Crippen molar-refractivity contribution in [3.63, 3.8) is 0 Å². The Morgan fingerprint density at radius 1 is 1.00 bits per heavy atom. The summed E-state index contributed by atoms with van der Waals surface area (Å²) < 4.78 is 0. The molecular formula is C21H16N4O2. The molecule has 0 radical (unpaired) electrons. The molecule has 6 heteroatoms. The van der Waals surface area contributed by atoms with Crippen molar-refractivity contribution in [2.75, 3.05) is 19.0 Å². The monoisotopic (exact) mass is 356 g/mol. The highest BCUT2D eigenvalue weighted by Crippen LogP contribution is 2.38. The number of H-pyrrole nitrogens is 1. The third-order valence-corrected chi connectivity index (χ3v) is 4.60. The van der Waals surface area contributed by atoms with E-state index in [9.17, 15) is 9.90 Å². The molecule has 132 valence electrons. The highest BCUT2D eigenvalue weighted by Gasteiger charge is 2.33. The van der Waals surface area contributed by atoms with Gasteiger partial charge in [-0.05, 0) is 29.8 Å². The maximum atomic E-state index is 12.6. The average Bonchev–Trinajstić information content (AvgIpc) is 3.21. The molecule has 1 aliphatic rings. The van der Waals surface area contributed by atoms with Crippen LogP contribution in [0.4, 0.5) is 5.69 Å². The maximum Gasteiger partial charge on any atom is 0.280 e. The van der Waals surface area contributed by atoms with E-state index in [2.05, 4.69) is 16.0 Å². The van der Waals surface area contributed by atoms with Gasteiger partial charge < -0.3 is 15.0 Å². The average molecular weight is 356 g/mol. The predicted molar refractivity (Wildman–Crippen MR) is 103 cm³/mol. The minimum atomic E-state index is -0.396. The van der Waals surface area contributed by atoms with Crippen molar-refractivity contribution in [1.29, 1.82) is 5.26 Å². The summed E-state index contributed by atoms with van der Waals surface area (Å²) in [6.45, 7) is 0. The number of aliphatic imine (C=N–C) groups is 1. The number of nitrogens with zero attached hydrogens (tertiary/aromatic N) is 3. The Morgan fingerprint density at radius 2 is 1.63 bits per heavy atom. The fourth-order valence-electron chi connectivity index (χ4n) is 3.20. The van der Waals surface area contributed by atoms with Gasteiger partial charge in [-0.3, -0.25) is 4.79 Å². The third-order valence-electron chi connectivity index (χ3n) is 4.60. The van der Waals surface area contributed by atoms with Crippen molar-refractivity contribution in [2.24, 2.45) is 4.99 Å². The van der Waals surface area contributed by atoms with E-state index in [1.807, 2.05) is 43.3 Å². The number of hydrogen-bond donors (Lipinski definition) is 2. The van der Waals surface area contributed by atoms with Crippen molar-refractivity contribution >= 4 is 17.3 Å². The Balaban J connectivity index is 1.80. The summed E-state index contributed by atoms with van der Waals surface area (Å²) in [5, 5.41) is 19.4. The fraction of sp³-hybridized carbons (Fsp3) is 0.0952. The van der Waals surface area contributed by atoms with Crippen molar-refractivity contribution in [3.05, 3.63) is 70.8 Å². The van der Waals surface area contributed by atoms with Gasteiger partial charge in [-0.25, -0.2) is 4.99 Å². The van der Waals surface area contributed by atoms with E-state index in [0.717, 1.165) is 11.3 Å². The number of fused-ring (bicyclic) bond motifs is 1. The number of nitriles is 1. The number of aromatic nitrogens is 1. The first-order chi connectivity index (χ1) is 13.0. The van der Waals surface area contributed by atoms with Gasteiger partial charge in [0.1, 0.15) is 0 Å². The number of benzene rings is 2. The molecule has 1 amide bonds. The Bertz CT molecular complexity index is 1110. The topological polar surface area (TPSA) is 92.5 Å². The van der Waals surface area contributed by atoms with Gasteiger partial charge in [-0.2, -0.15) is 5.26 Å². The molecule has 2 N–H and O–H groups in total. The number of anilines is 1. The lowest BCUT2D eigenvalue weighted by Crippen LogP contribution is -2.08. The lowest BCUT2D eigenvalue weighted by Gasteiger charge is -2.12. The highest BCUT2D eigenvalue weighted by atomic mass is 16.3. The summed E-state index contributed by atoms with van der Waals surface area (Å²) >= 11 is 0. The quantitative estimate of drug-likeness (QED) is 0.753. The summed E-state index contributed by atoms with van der Waals surface area (Å²) in [6.07, 6.45) is 0. The summed E-state index contributed by atoms with van der Waals surface area (Å²) in [4.78, 5) is 21.6. The number of aromatic amines is 1. The largest absolute Gasteiger partial charge is 0.494 e. The zero-order chi connectivity index (χ0) is 19.1. The van der Waals surface area contributed by atoms with Crippen molar-refractivity contribution < 1.29 is 9.90 Å². The van der Waals surface area contributed by atoms with Crippen LogP contribution in [0.15, 0.2) is 53.5 Å². The molecule has 0 aliphatic carbocycles. The molecule has 0 fully saturated rings. The van der Waals surface area contributed by atoms with E-state index < -0.39 is 5.91 Å². The van der Waals surface area contributed by atoms with Crippen LogP contribution in [-0.4, -0.2) is 35.8 Å². The number of amides is 1. The van der Waals surface area contributed by atoms with E-state index in [0.29, 0.717) is 33.7 Å². The number of nitrogens with one attached hydrogen (secondary N) is 1. The third kappa shape index (κ3) is 2.66. The van der Waals surface area contributed by atoms with E-state index in [1.54, 1.807) is 24.3 Å². The standard InChI is InChI=1S/C21H16N4O2/c1-25(2)15-9-7-14(8-10-15)19-17-16(20(26)24-19)18(23-21(17)27)13-5-3-12(11-22)4-6-13/h3-10,24,26H,1-2H3. The summed E-state index contributed by atoms with van der Waals surface area (Å²) in [6, 6.07) is 16.5. The maximum absolute atomic E-state index is 12.6. The zero-order valence-electron chi connectivity index (χ0n) is 14.8. The van der Waals surface area contributed by atoms with Gasteiger partial charge >= 0.3 is 0 Å². The first-order valence-electron chi connectivity index (χ1n) is 8.36. The second-order valence-corrected chi connectivity index (χ2v) is 6.49. The molecule has 0 atom stereocenters. The van der Waals surface area contributed by atoms with Crippen LogP contribution >= 0.6 is 0 Å². The Labute approximate surface area is 156 Å². The SMILES string of the molecule is CN(C)c1ccc(-c2[nH]c(O)c3c2C(=O)N=C3c2ccc(C#N)cc2)cc1. The zero-order valence-corrected chi connectivity index (χ0v) is 14.8. The molecule has 27 heavy (non-hydrogen) atoms. The second kappa shape index (κ2) is 6.15. The molecule has 2 aromatic carbocycles. The van der Waals surface area contributed by atoms with Gasteiger partial charge in [-0.1, -0.05) is 24.3 Å². The summed E-state index contributed by atoms with van der Waals surface area (Å²) in [7, 11) is 3.91. The predicted octanol–water partition coefficient (Wildman–Crippen LogP) is 3.32. The second-order valence-electron chi connectivity index (χ2n) is 6.49. The Morgan fingerprint density at radius 3 is 2.22 bits per heavy atom. The van der Waals surface area contributed by atoms with Gasteiger partial charge in [0.2, 0.25) is 0 Å². The molecule has 1 aliphatic heterocycles. The van der Waals surface area contributed by atoms with Gasteiger partial charge in [0.15, 0.2) is 5.88 Å². The number of rotatable bonds is 3. The first kappa shape index (κ1) is 16.6. The normalized spacial score (nSPS) is 12.5. The number of carbonyl (C=O) groups is 1. The van der Waals surface area contributed by atoms with Crippen LogP contribution in [0.25, 0.3) is 11.3 Å². The van der Waals surface area contributed by atoms with Crippen LogP contribution in [0.2, 0.25) is 0 Å². The highest BCUT2D eigenvalue weighted by molar-refractivity contribution is 6.30. The molecular weight excluding hydrogens is 340 g/mol. The molecule has 0 saturated carbocycles. The van der Waals surface area contributed by atoms with Gasteiger partial charge in [0.25, 0.3) is 5.91 Å². The molecule has 3 aromatic rings. The lowest BCUT2D eigenvalue weighted by molar-refractivity contribution is 0.101. The summed E-state index contributed by atoms with van der Waals surface area (Å²) in [5.41, 5.74) is 4.73. The lowest BCUT2D eigenvalue weighted by atomic mass is 9.99. The number of carbonyl (C=O) groups excluding carboxylic acids is 1. The molecule has 6 nitrogen and oxygen atoms in total. The molecule has 1 aromatic heterocycles. The number of aromatic hydroxyl groups is 1. The summed E-state index contributed by atoms with van der Waals surface area (Å²) in [5.74, 6) is -0.488. The molecule has 2 heterocycles. The van der Waals surface area contributed by atoms with Gasteiger partial charge in [-0.15, -0.1) is 0 Å². The number of hydrogen-bond acceptors (Lipinski definition) is 4. The van der Waals surface area contributed by atoms with Crippen molar-refractivity contribution in [1.82, 2.24) is 4.98 Å². The Hall–Kier alpha value is -3.85. The molecule has 0 spiro atoms. The van der Waals surface area contributed by atoms with Crippen LogP contribution in [0, 0.1) is 11.3 Å². The van der Waals surface area contributed by atoms with Crippen LogP contribution in [0.5, 0.6) is 5.88 Å². The van der Waals surface area contributed by atoms with Crippen LogP contribution in [-0.2, 0) is 0 Å². The minimum Gasteiger partial charge on any atom is -0.494 e. The van der Waals surface area contributed by atoms with E-state index in [1.165, 1.54) is 0 Å². The molecule has 0 saturated heterocycles. The minimum absolute atomic E-state index is 0.0920. The molecule has 0 unspecified atom stereocenters. The Kier molecular flexibility index (Phi) is 3.78. The fourth-order valence-corrected chi connectivity index (χ4v) is 3.20. The van der Waals surface area contributed by atoms with Gasteiger partial charge in [0, 0.05) is 25.3 Å². The first-order valence-corrected chi connectivity index (χ1v) is 8.36. The van der Waals surface area contributed by atoms with Crippen LogP contribution < -0.4 is 4.90 Å². The van der Waals surface area contributed by atoms with E-state index in [-0.39, 0.29) is 5.88 Å². The van der Waals surface area contributed by atoms with E-state index >= 15 is 0 Å². The van der Waals surface area contributed by atoms with Crippen LogP contribution in [0.3, 0.4) is 0 Å².